The van der Waals surface area contributed by atoms with Crippen LogP contribution < -0.4 is 4.72 Å². The zero-order valence-electron chi connectivity index (χ0n) is 16.5. The Kier molecular flexibility index (Phi) is 5.70. The summed E-state index contributed by atoms with van der Waals surface area (Å²) in [6.45, 7) is 2.18. The van der Waals surface area contributed by atoms with Crippen LogP contribution in [-0.4, -0.2) is 18.4 Å². The molecule has 30 heavy (non-hydrogen) atoms. The molecule has 0 saturated heterocycles. The lowest BCUT2D eigenvalue weighted by Crippen LogP contribution is -2.23. The van der Waals surface area contributed by atoms with Crippen molar-refractivity contribution < 1.29 is 8.42 Å². The smallest absolute Gasteiger partial charge is 0.240 e. The summed E-state index contributed by atoms with van der Waals surface area (Å²) in [5.41, 5.74) is 5.63. The summed E-state index contributed by atoms with van der Waals surface area (Å²) in [6, 6.07) is 22.4. The first-order chi connectivity index (χ1) is 14.5. The van der Waals surface area contributed by atoms with Gasteiger partial charge in [-0.3, -0.25) is 9.97 Å². The predicted octanol–water partition coefficient (Wildman–Crippen LogP) is 4.60. The third-order valence-electron chi connectivity index (χ3n) is 4.85. The van der Waals surface area contributed by atoms with Crippen LogP contribution in [0.2, 0.25) is 0 Å². The van der Waals surface area contributed by atoms with Gasteiger partial charge in [-0.1, -0.05) is 48.0 Å². The van der Waals surface area contributed by atoms with Crippen molar-refractivity contribution in [2.24, 2.45) is 0 Å². The van der Waals surface area contributed by atoms with Crippen molar-refractivity contribution in [1.82, 2.24) is 14.7 Å². The SMILES string of the molecule is Cc1ccc(-c2ccc(S(=O)(=O)NCc3cccnc3-c3ccncc3)cc2)cc1. The Bertz CT molecular complexity index is 1240. The summed E-state index contributed by atoms with van der Waals surface area (Å²) >= 11 is 0. The van der Waals surface area contributed by atoms with E-state index in [4.69, 9.17) is 0 Å². The van der Waals surface area contributed by atoms with Gasteiger partial charge in [-0.15, -0.1) is 0 Å². The maximum atomic E-state index is 12.8. The van der Waals surface area contributed by atoms with Crippen molar-refractivity contribution in [1.29, 1.82) is 0 Å². The topological polar surface area (TPSA) is 72.0 Å². The fourth-order valence-corrected chi connectivity index (χ4v) is 4.19. The highest BCUT2D eigenvalue weighted by molar-refractivity contribution is 7.89. The maximum Gasteiger partial charge on any atom is 0.240 e. The first-order valence-electron chi connectivity index (χ1n) is 9.54. The van der Waals surface area contributed by atoms with Gasteiger partial charge in [0.15, 0.2) is 0 Å². The summed E-state index contributed by atoms with van der Waals surface area (Å²) < 4.78 is 28.3. The quantitative estimate of drug-likeness (QED) is 0.500. The number of pyridine rings is 2. The van der Waals surface area contributed by atoms with Crippen LogP contribution in [0.25, 0.3) is 22.4 Å². The van der Waals surface area contributed by atoms with Crippen LogP contribution in [0.4, 0.5) is 0 Å². The first-order valence-corrected chi connectivity index (χ1v) is 11.0. The summed E-state index contributed by atoms with van der Waals surface area (Å²) in [6.07, 6.45) is 5.07. The van der Waals surface area contributed by atoms with E-state index in [1.165, 1.54) is 5.56 Å². The fraction of sp³-hybridized carbons (Fsp3) is 0.0833. The van der Waals surface area contributed by atoms with Crippen LogP contribution in [0.1, 0.15) is 11.1 Å². The highest BCUT2D eigenvalue weighted by Gasteiger charge is 2.15. The molecule has 0 spiro atoms. The van der Waals surface area contributed by atoms with Crippen LogP contribution in [-0.2, 0) is 16.6 Å². The Morgan fingerprint density at radius 1 is 0.767 bits per heavy atom. The number of sulfonamides is 1. The van der Waals surface area contributed by atoms with E-state index in [2.05, 4.69) is 14.7 Å². The maximum absolute atomic E-state index is 12.8. The molecule has 4 aromatic rings. The third-order valence-corrected chi connectivity index (χ3v) is 6.26. The average Bonchev–Trinajstić information content (AvgIpc) is 2.79. The van der Waals surface area contributed by atoms with E-state index in [9.17, 15) is 8.42 Å². The van der Waals surface area contributed by atoms with E-state index < -0.39 is 10.0 Å². The number of rotatable bonds is 6. The number of aromatic nitrogens is 2. The van der Waals surface area contributed by atoms with Crippen LogP contribution in [0.15, 0.2) is 96.3 Å². The lowest BCUT2D eigenvalue weighted by Gasteiger charge is -2.11. The minimum atomic E-state index is -3.65. The van der Waals surface area contributed by atoms with Gasteiger partial charge >= 0.3 is 0 Å². The van der Waals surface area contributed by atoms with Crippen molar-refractivity contribution in [3.05, 3.63) is 103 Å². The number of nitrogens with zero attached hydrogens (tertiary/aromatic N) is 2. The second-order valence-corrected chi connectivity index (χ2v) is 8.73. The Morgan fingerprint density at radius 2 is 1.40 bits per heavy atom. The molecule has 6 heteroatoms. The molecular weight excluding hydrogens is 394 g/mol. The molecule has 0 aliphatic rings. The minimum absolute atomic E-state index is 0.146. The molecule has 0 fully saturated rings. The molecule has 0 bridgehead atoms. The number of nitrogens with one attached hydrogen (secondary N) is 1. The van der Waals surface area contributed by atoms with Crippen molar-refractivity contribution >= 4 is 10.0 Å². The van der Waals surface area contributed by atoms with Gasteiger partial charge in [0.25, 0.3) is 0 Å². The Labute approximate surface area is 176 Å². The summed E-state index contributed by atoms with van der Waals surface area (Å²) in [7, 11) is -3.65. The Balaban J connectivity index is 1.52. The Hall–Kier alpha value is -3.35. The largest absolute Gasteiger partial charge is 0.265 e. The zero-order chi connectivity index (χ0) is 21.0. The minimum Gasteiger partial charge on any atom is -0.265 e. The van der Waals surface area contributed by atoms with Crippen LogP contribution in [0, 0.1) is 6.92 Å². The van der Waals surface area contributed by atoms with Crippen molar-refractivity contribution in [2.45, 2.75) is 18.4 Å². The number of hydrogen-bond donors (Lipinski definition) is 1. The summed E-state index contributed by atoms with van der Waals surface area (Å²) in [4.78, 5) is 8.66. The molecule has 0 saturated carbocycles. The molecule has 1 N–H and O–H groups in total. The van der Waals surface area contributed by atoms with Gasteiger partial charge in [-0.2, -0.15) is 0 Å². The monoisotopic (exact) mass is 415 g/mol. The van der Waals surface area contributed by atoms with Gasteiger partial charge in [-0.05, 0) is 53.9 Å². The van der Waals surface area contributed by atoms with Crippen LogP contribution in [0.5, 0.6) is 0 Å². The highest BCUT2D eigenvalue weighted by Crippen LogP contribution is 2.23. The number of benzene rings is 2. The molecule has 0 aliphatic carbocycles. The van der Waals surface area contributed by atoms with Crippen molar-refractivity contribution in [2.75, 3.05) is 0 Å². The van der Waals surface area contributed by atoms with Gasteiger partial charge in [-0.25, -0.2) is 13.1 Å². The first kappa shape index (κ1) is 19.9. The number of hydrogen-bond acceptors (Lipinski definition) is 4. The van der Waals surface area contributed by atoms with Gasteiger partial charge in [0, 0.05) is 30.7 Å². The predicted molar refractivity (Wildman–Crippen MR) is 118 cm³/mol. The highest BCUT2D eigenvalue weighted by atomic mass is 32.2. The lowest BCUT2D eigenvalue weighted by atomic mass is 10.0. The molecule has 0 aliphatic heterocycles. The number of aryl methyl sites for hydroxylation is 1. The van der Waals surface area contributed by atoms with E-state index in [0.29, 0.717) is 0 Å². The van der Waals surface area contributed by atoms with E-state index in [1.807, 2.05) is 61.5 Å². The van der Waals surface area contributed by atoms with Crippen LogP contribution >= 0.6 is 0 Å². The molecule has 2 aromatic carbocycles. The molecule has 2 heterocycles. The van der Waals surface area contributed by atoms with Crippen LogP contribution in [0.3, 0.4) is 0 Å². The second-order valence-electron chi connectivity index (χ2n) is 6.96. The van der Waals surface area contributed by atoms with Gasteiger partial charge < -0.3 is 0 Å². The molecule has 2 aromatic heterocycles. The molecule has 0 amide bonds. The van der Waals surface area contributed by atoms with Crippen molar-refractivity contribution in [3.63, 3.8) is 0 Å². The molecule has 0 atom stereocenters. The Morgan fingerprint density at radius 3 is 2.07 bits per heavy atom. The zero-order valence-corrected chi connectivity index (χ0v) is 17.3. The summed E-state index contributed by atoms with van der Waals surface area (Å²) in [5, 5.41) is 0. The lowest BCUT2D eigenvalue weighted by molar-refractivity contribution is 0.581. The van der Waals surface area contributed by atoms with E-state index in [-0.39, 0.29) is 11.4 Å². The van der Waals surface area contributed by atoms with Crippen molar-refractivity contribution in [3.8, 4) is 22.4 Å². The van der Waals surface area contributed by atoms with E-state index >= 15 is 0 Å². The summed E-state index contributed by atoms with van der Waals surface area (Å²) in [5.74, 6) is 0. The fourth-order valence-electron chi connectivity index (χ4n) is 3.18. The molecule has 150 valence electrons. The van der Waals surface area contributed by atoms with E-state index in [0.717, 1.165) is 27.9 Å². The molecule has 4 rings (SSSR count). The average molecular weight is 416 g/mol. The normalized spacial score (nSPS) is 11.4. The molecule has 0 unspecified atom stereocenters. The van der Waals surface area contributed by atoms with Gasteiger partial charge in [0.2, 0.25) is 10.0 Å². The van der Waals surface area contributed by atoms with E-state index in [1.54, 1.807) is 36.8 Å². The molecule has 0 radical (unpaired) electrons. The second kappa shape index (κ2) is 8.57. The van der Waals surface area contributed by atoms with Gasteiger partial charge in [0.1, 0.15) is 0 Å². The standard InChI is InChI=1S/C24H21N3O2S/c1-18-4-6-19(7-5-18)20-8-10-23(11-9-20)30(28,29)27-17-22-3-2-14-26-24(22)21-12-15-25-16-13-21/h2-16,27H,17H2,1H3. The third kappa shape index (κ3) is 4.45. The molecular formula is C24H21N3O2S. The van der Waals surface area contributed by atoms with Gasteiger partial charge in [0.05, 0.1) is 10.6 Å². The molecule has 5 nitrogen and oxygen atoms in total.